The van der Waals surface area contributed by atoms with Crippen molar-refractivity contribution in [2.45, 2.75) is 37.8 Å². The topological polar surface area (TPSA) is 162 Å². The van der Waals surface area contributed by atoms with Crippen LogP contribution in [0.5, 0.6) is 0 Å². The van der Waals surface area contributed by atoms with Crippen LogP contribution < -0.4 is 15.5 Å². The van der Waals surface area contributed by atoms with E-state index in [-0.39, 0.29) is 19.5 Å². The number of carbonyl (C=O) groups excluding carboxylic acids is 2. The van der Waals surface area contributed by atoms with Gasteiger partial charge >= 0.3 is 0 Å². The molecule has 1 atom stereocenters. The maximum Gasteiger partial charge on any atom is 0.244 e. The van der Waals surface area contributed by atoms with Gasteiger partial charge in [0.1, 0.15) is 23.2 Å². The lowest BCUT2D eigenvalue weighted by atomic mass is 10.2. The van der Waals surface area contributed by atoms with Crippen LogP contribution in [-0.4, -0.2) is 78.2 Å². The lowest BCUT2D eigenvalue weighted by Crippen LogP contribution is -2.56. The second-order valence-corrected chi connectivity index (χ2v) is 10.8. The zero-order chi connectivity index (χ0) is 25.1. The Morgan fingerprint density at radius 1 is 1.26 bits per heavy atom. The molecule has 2 aliphatic rings. The van der Waals surface area contributed by atoms with Crippen molar-refractivity contribution in [3.63, 3.8) is 0 Å². The summed E-state index contributed by atoms with van der Waals surface area (Å²) in [5.74, 6) is -0.850. The van der Waals surface area contributed by atoms with Gasteiger partial charge in [0.25, 0.3) is 0 Å². The molecule has 1 aliphatic carbocycles. The van der Waals surface area contributed by atoms with Crippen LogP contribution in [0.1, 0.15) is 24.3 Å². The Morgan fingerprint density at radius 3 is 2.57 bits per heavy atom. The summed E-state index contributed by atoms with van der Waals surface area (Å²) < 4.78 is 32.8. The maximum atomic E-state index is 13.2. The first kappa shape index (κ1) is 24.6. The number of aryl methyl sites for hydroxylation is 1. The van der Waals surface area contributed by atoms with E-state index in [0.29, 0.717) is 37.4 Å². The van der Waals surface area contributed by atoms with Crippen LogP contribution in [0.3, 0.4) is 0 Å². The third-order valence-corrected chi connectivity index (χ3v) is 7.88. The molecule has 13 heteroatoms. The SMILES string of the molecule is Cc1cc(CC(=O)N[C@@H](CS(=O)(=O)N2CCN(c3ccccn3)CC2)C(=O)NC2(C#N)CC2)on1. The molecular formula is C22H27N7O5S. The molecule has 12 nitrogen and oxygen atoms in total. The van der Waals surface area contributed by atoms with Gasteiger partial charge in [-0.05, 0) is 31.9 Å². The molecule has 2 N–H and O–H groups in total. The number of hydrogen-bond donors (Lipinski definition) is 2. The number of rotatable bonds is 9. The Balaban J connectivity index is 1.42. The number of carbonyl (C=O) groups is 2. The lowest BCUT2D eigenvalue weighted by Gasteiger charge is -2.35. The molecule has 4 rings (SSSR count). The fraction of sp³-hybridized carbons (Fsp3) is 0.500. The van der Waals surface area contributed by atoms with Crippen LogP contribution in [0, 0.1) is 18.3 Å². The molecule has 2 amide bonds. The minimum absolute atomic E-state index is 0.198. The van der Waals surface area contributed by atoms with E-state index in [4.69, 9.17) is 4.52 Å². The monoisotopic (exact) mass is 501 g/mol. The van der Waals surface area contributed by atoms with Gasteiger partial charge in [0, 0.05) is 38.4 Å². The number of sulfonamides is 1. The van der Waals surface area contributed by atoms with E-state index in [9.17, 15) is 23.3 Å². The van der Waals surface area contributed by atoms with Crippen molar-refractivity contribution < 1.29 is 22.5 Å². The minimum atomic E-state index is -3.90. The second kappa shape index (κ2) is 10.0. The van der Waals surface area contributed by atoms with Crippen molar-refractivity contribution in [1.29, 1.82) is 5.26 Å². The first-order chi connectivity index (χ1) is 16.7. The summed E-state index contributed by atoms with van der Waals surface area (Å²) >= 11 is 0. The zero-order valence-electron chi connectivity index (χ0n) is 19.3. The zero-order valence-corrected chi connectivity index (χ0v) is 20.1. The number of pyridine rings is 1. The average molecular weight is 502 g/mol. The van der Waals surface area contributed by atoms with Gasteiger partial charge in [-0.3, -0.25) is 9.59 Å². The third-order valence-electron chi connectivity index (χ3n) is 5.97. The Bertz CT molecular complexity index is 1210. The number of amides is 2. The molecule has 186 valence electrons. The van der Waals surface area contributed by atoms with E-state index in [1.807, 2.05) is 29.2 Å². The fourth-order valence-corrected chi connectivity index (χ4v) is 5.44. The highest BCUT2D eigenvalue weighted by molar-refractivity contribution is 7.89. The first-order valence-electron chi connectivity index (χ1n) is 11.3. The molecule has 2 aromatic heterocycles. The molecule has 2 aromatic rings. The van der Waals surface area contributed by atoms with Gasteiger partial charge < -0.3 is 20.1 Å². The van der Waals surface area contributed by atoms with Crippen molar-refractivity contribution in [3.05, 3.63) is 41.9 Å². The van der Waals surface area contributed by atoms with Crippen molar-refractivity contribution in [3.8, 4) is 6.07 Å². The first-order valence-corrected chi connectivity index (χ1v) is 12.9. The predicted molar refractivity (Wildman–Crippen MR) is 124 cm³/mol. The number of nitriles is 1. The van der Waals surface area contributed by atoms with Crippen molar-refractivity contribution >= 4 is 27.7 Å². The Kier molecular flexibility index (Phi) is 7.04. The molecule has 0 radical (unpaired) electrons. The summed E-state index contributed by atoms with van der Waals surface area (Å²) in [5.41, 5.74) is -0.403. The number of aromatic nitrogens is 2. The normalized spacial score (nSPS) is 18.3. The molecule has 0 spiro atoms. The molecule has 1 saturated carbocycles. The average Bonchev–Trinajstić information content (AvgIpc) is 3.51. The largest absolute Gasteiger partial charge is 0.361 e. The predicted octanol–water partition coefficient (Wildman–Crippen LogP) is -0.270. The molecule has 1 saturated heterocycles. The number of hydrogen-bond acceptors (Lipinski definition) is 9. The minimum Gasteiger partial charge on any atom is -0.361 e. The number of nitrogens with one attached hydrogen (secondary N) is 2. The molecule has 2 fully saturated rings. The van der Waals surface area contributed by atoms with Gasteiger partial charge in [-0.2, -0.15) is 9.57 Å². The third kappa shape index (κ3) is 6.14. The van der Waals surface area contributed by atoms with Crippen molar-refractivity contribution in [2.24, 2.45) is 0 Å². The van der Waals surface area contributed by atoms with Crippen LogP contribution in [0.15, 0.2) is 35.0 Å². The lowest BCUT2D eigenvalue weighted by molar-refractivity contribution is -0.128. The quantitative estimate of drug-likeness (QED) is 0.471. The van der Waals surface area contributed by atoms with E-state index in [0.717, 1.165) is 5.82 Å². The summed E-state index contributed by atoms with van der Waals surface area (Å²) in [5, 5.41) is 18.1. The van der Waals surface area contributed by atoms with Crippen LogP contribution in [0.2, 0.25) is 0 Å². The smallest absolute Gasteiger partial charge is 0.244 e. The highest BCUT2D eigenvalue weighted by atomic mass is 32.2. The number of anilines is 1. The summed E-state index contributed by atoms with van der Waals surface area (Å²) in [7, 11) is -3.90. The van der Waals surface area contributed by atoms with E-state index in [2.05, 4.69) is 20.8 Å². The highest BCUT2D eigenvalue weighted by Crippen LogP contribution is 2.34. The molecule has 0 aromatic carbocycles. The summed E-state index contributed by atoms with van der Waals surface area (Å²) in [6, 6.07) is 7.80. The number of nitrogens with zero attached hydrogens (tertiary/aromatic N) is 5. The van der Waals surface area contributed by atoms with Crippen molar-refractivity contribution in [1.82, 2.24) is 25.1 Å². The second-order valence-electron chi connectivity index (χ2n) is 8.77. The summed E-state index contributed by atoms with van der Waals surface area (Å²) in [4.78, 5) is 31.8. The van der Waals surface area contributed by atoms with Crippen LogP contribution in [0.4, 0.5) is 5.82 Å². The molecular weight excluding hydrogens is 474 g/mol. The molecule has 0 bridgehead atoms. The van der Waals surface area contributed by atoms with Gasteiger partial charge in [0.15, 0.2) is 0 Å². The van der Waals surface area contributed by atoms with Crippen LogP contribution >= 0.6 is 0 Å². The molecule has 0 unspecified atom stereocenters. The fourth-order valence-electron chi connectivity index (χ4n) is 3.85. The van der Waals surface area contributed by atoms with E-state index in [1.54, 1.807) is 19.2 Å². The standard InChI is InChI=1S/C22H27N7O5S/c1-16-12-17(34-27-16)13-20(30)25-18(21(31)26-22(15-23)5-6-22)14-35(32,33)29-10-8-28(9-11-29)19-4-2-3-7-24-19/h2-4,7,12,18H,5-6,8-11,13-14H2,1H3,(H,25,30)(H,26,31)/t18-/m0/s1. The van der Waals surface area contributed by atoms with Crippen LogP contribution in [0.25, 0.3) is 0 Å². The van der Waals surface area contributed by atoms with Gasteiger partial charge in [-0.15, -0.1) is 0 Å². The van der Waals surface area contributed by atoms with Gasteiger partial charge in [0.2, 0.25) is 21.8 Å². The van der Waals surface area contributed by atoms with Gasteiger partial charge in [-0.25, -0.2) is 13.4 Å². The van der Waals surface area contributed by atoms with Gasteiger partial charge in [-0.1, -0.05) is 11.2 Å². The molecule has 3 heterocycles. The van der Waals surface area contributed by atoms with E-state index in [1.165, 1.54) is 4.31 Å². The Labute approximate surface area is 203 Å². The summed E-state index contributed by atoms with van der Waals surface area (Å²) in [6.07, 6.45) is 2.44. The van der Waals surface area contributed by atoms with Gasteiger partial charge in [0.05, 0.1) is 23.9 Å². The molecule has 35 heavy (non-hydrogen) atoms. The Hall–Kier alpha value is -3.50. The summed E-state index contributed by atoms with van der Waals surface area (Å²) in [6.45, 7) is 3.04. The van der Waals surface area contributed by atoms with E-state index < -0.39 is 39.2 Å². The Morgan fingerprint density at radius 2 is 2.00 bits per heavy atom. The maximum absolute atomic E-state index is 13.2. The van der Waals surface area contributed by atoms with Crippen LogP contribution in [-0.2, 0) is 26.0 Å². The van der Waals surface area contributed by atoms with E-state index >= 15 is 0 Å². The highest BCUT2D eigenvalue weighted by Gasteiger charge is 2.46. The number of piperazine rings is 1. The van der Waals surface area contributed by atoms with Crippen molar-refractivity contribution in [2.75, 3.05) is 36.8 Å². The molecule has 1 aliphatic heterocycles.